The van der Waals surface area contributed by atoms with Gasteiger partial charge in [-0.2, -0.15) is 0 Å². The fourth-order valence-electron chi connectivity index (χ4n) is 3.98. The molecule has 3 aromatic carbocycles. The number of hydrogen-bond acceptors (Lipinski definition) is 5. The van der Waals surface area contributed by atoms with Gasteiger partial charge in [-0.3, -0.25) is 14.5 Å². The van der Waals surface area contributed by atoms with Crippen LogP contribution in [0.15, 0.2) is 82.7 Å². The van der Waals surface area contributed by atoms with Crippen molar-refractivity contribution in [2.24, 2.45) is 4.99 Å². The average Bonchev–Trinajstić information content (AvgIpc) is 3.17. The lowest BCUT2D eigenvalue weighted by molar-refractivity contribution is -0.136. The van der Waals surface area contributed by atoms with Crippen LogP contribution >= 0.6 is 11.8 Å². The number of carbonyl (C=O) groups excluding carboxylic acids is 1. The van der Waals surface area contributed by atoms with Gasteiger partial charge in [0.25, 0.3) is 5.91 Å². The number of carboxylic acid groups (broad SMARTS) is 1. The van der Waals surface area contributed by atoms with Crippen LogP contribution in [0, 0.1) is 0 Å². The maximum Gasteiger partial charge on any atom is 0.307 e. The van der Waals surface area contributed by atoms with Crippen LogP contribution in [0.3, 0.4) is 0 Å². The SMILES string of the molecule is CCCCCc1ccc(COc2ccc(/C=C3\SC(=Nc4ccc(CC(=O)O)cc4)N(C)C3=O)cc2)cc1. The highest BCUT2D eigenvalue weighted by Gasteiger charge is 2.30. The minimum Gasteiger partial charge on any atom is -0.489 e. The van der Waals surface area contributed by atoms with Crippen molar-refractivity contribution < 1.29 is 19.4 Å². The van der Waals surface area contributed by atoms with E-state index >= 15 is 0 Å². The first kappa shape index (κ1) is 27.2. The van der Waals surface area contributed by atoms with E-state index in [1.807, 2.05) is 30.3 Å². The van der Waals surface area contributed by atoms with E-state index in [0.29, 0.717) is 27.9 Å². The number of carboxylic acids is 1. The van der Waals surface area contributed by atoms with Crippen LogP contribution in [0.1, 0.15) is 48.4 Å². The summed E-state index contributed by atoms with van der Waals surface area (Å²) >= 11 is 1.31. The lowest BCUT2D eigenvalue weighted by Crippen LogP contribution is -2.23. The number of benzene rings is 3. The van der Waals surface area contributed by atoms with Crippen molar-refractivity contribution in [3.8, 4) is 5.75 Å². The van der Waals surface area contributed by atoms with Crippen LogP contribution in [-0.2, 0) is 29.0 Å². The Balaban J connectivity index is 1.34. The van der Waals surface area contributed by atoms with E-state index in [-0.39, 0.29) is 12.3 Å². The number of ether oxygens (including phenoxy) is 1. The van der Waals surface area contributed by atoms with E-state index in [4.69, 9.17) is 9.84 Å². The molecule has 0 bridgehead atoms. The fourth-order valence-corrected chi connectivity index (χ4v) is 4.97. The summed E-state index contributed by atoms with van der Waals surface area (Å²) in [5, 5.41) is 9.49. The molecule has 38 heavy (non-hydrogen) atoms. The summed E-state index contributed by atoms with van der Waals surface area (Å²) in [4.78, 5) is 30.3. The molecule has 6 nitrogen and oxygen atoms in total. The van der Waals surface area contributed by atoms with Crippen LogP contribution < -0.4 is 4.74 Å². The van der Waals surface area contributed by atoms with E-state index in [1.165, 1.54) is 41.5 Å². The molecule has 0 spiro atoms. The number of carbonyl (C=O) groups is 2. The van der Waals surface area contributed by atoms with Gasteiger partial charge in [0, 0.05) is 7.05 Å². The van der Waals surface area contributed by atoms with Gasteiger partial charge in [0.2, 0.25) is 0 Å². The Labute approximate surface area is 228 Å². The highest BCUT2D eigenvalue weighted by atomic mass is 32.2. The summed E-state index contributed by atoms with van der Waals surface area (Å²) in [6.07, 6.45) is 6.67. The molecule has 0 atom stereocenters. The van der Waals surface area contributed by atoms with E-state index in [2.05, 4.69) is 36.2 Å². The van der Waals surface area contributed by atoms with Crippen LogP contribution in [0.25, 0.3) is 6.08 Å². The van der Waals surface area contributed by atoms with Gasteiger partial charge >= 0.3 is 5.97 Å². The van der Waals surface area contributed by atoms with Crippen molar-refractivity contribution in [1.29, 1.82) is 0 Å². The summed E-state index contributed by atoms with van der Waals surface area (Å²) in [7, 11) is 1.70. The van der Waals surface area contributed by atoms with E-state index < -0.39 is 5.97 Å². The number of likely N-dealkylation sites (N-methyl/N-ethyl adjacent to an activating group) is 1. The number of unbranched alkanes of at least 4 members (excludes halogenated alkanes) is 2. The molecular weight excluding hydrogens is 496 g/mol. The van der Waals surface area contributed by atoms with Crippen molar-refractivity contribution in [3.05, 3.63) is 100.0 Å². The lowest BCUT2D eigenvalue weighted by atomic mass is 10.1. The van der Waals surface area contributed by atoms with Crippen molar-refractivity contribution in [1.82, 2.24) is 4.90 Å². The topological polar surface area (TPSA) is 79.2 Å². The second kappa shape index (κ2) is 13.1. The predicted octanol–water partition coefficient (Wildman–Crippen LogP) is 6.86. The maximum absolute atomic E-state index is 12.8. The molecule has 1 aliphatic heterocycles. The maximum atomic E-state index is 12.8. The lowest BCUT2D eigenvalue weighted by Gasteiger charge is -2.08. The van der Waals surface area contributed by atoms with Crippen LogP contribution in [0.4, 0.5) is 5.69 Å². The van der Waals surface area contributed by atoms with Gasteiger partial charge in [0.05, 0.1) is 17.0 Å². The van der Waals surface area contributed by atoms with Crippen LogP contribution in [0.2, 0.25) is 0 Å². The molecule has 1 amide bonds. The number of amidine groups is 1. The molecule has 4 rings (SSSR count). The van der Waals surface area contributed by atoms with Gasteiger partial charge < -0.3 is 9.84 Å². The number of nitrogens with zero attached hydrogens (tertiary/aromatic N) is 2. The first-order valence-electron chi connectivity index (χ1n) is 12.8. The van der Waals surface area contributed by atoms with Crippen molar-refractivity contribution in [2.45, 2.75) is 45.6 Å². The highest BCUT2D eigenvalue weighted by molar-refractivity contribution is 8.18. The summed E-state index contributed by atoms with van der Waals surface area (Å²) in [5.74, 6) is -0.220. The van der Waals surface area contributed by atoms with Gasteiger partial charge in [-0.05, 0) is 77.2 Å². The molecule has 3 aromatic rings. The van der Waals surface area contributed by atoms with Gasteiger partial charge in [-0.25, -0.2) is 4.99 Å². The molecule has 0 radical (unpaired) electrons. The quantitative estimate of drug-likeness (QED) is 0.217. The third kappa shape index (κ3) is 7.59. The van der Waals surface area contributed by atoms with Gasteiger partial charge in [-0.15, -0.1) is 0 Å². The summed E-state index contributed by atoms with van der Waals surface area (Å²) in [6, 6.07) is 23.3. The molecule has 1 aliphatic rings. The molecule has 0 aliphatic carbocycles. The first-order chi connectivity index (χ1) is 18.4. The Morgan fingerprint density at radius 2 is 1.61 bits per heavy atom. The van der Waals surface area contributed by atoms with Crippen LogP contribution in [-0.4, -0.2) is 34.1 Å². The molecule has 0 saturated carbocycles. The monoisotopic (exact) mass is 528 g/mol. The molecule has 1 saturated heterocycles. The first-order valence-corrected chi connectivity index (χ1v) is 13.6. The zero-order valence-electron chi connectivity index (χ0n) is 21.7. The Morgan fingerprint density at radius 1 is 0.947 bits per heavy atom. The van der Waals surface area contributed by atoms with E-state index in [0.717, 1.165) is 23.3 Å². The van der Waals surface area contributed by atoms with Crippen LogP contribution in [0.5, 0.6) is 5.75 Å². The fraction of sp³-hybridized carbons (Fsp3) is 0.258. The Hall–Kier alpha value is -3.84. The molecule has 0 aromatic heterocycles. The van der Waals surface area contributed by atoms with Crippen molar-refractivity contribution in [3.63, 3.8) is 0 Å². The zero-order valence-corrected chi connectivity index (χ0v) is 22.5. The molecule has 196 valence electrons. The van der Waals surface area contributed by atoms with E-state index in [9.17, 15) is 9.59 Å². The third-order valence-corrected chi connectivity index (χ3v) is 7.26. The third-order valence-electron chi connectivity index (χ3n) is 6.20. The van der Waals surface area contributed by atoms with Gasteiger partial charge in [-0.1, -0.05) is 68.3 Å². The second-order valence-corrected chi connectivity index (χ2v) is 10.2. The minimum atomic E-state index is -0.877. The van der Waals surface area contributed by atoms with E-state index in [1.54, 1.807) is 31.3 Å². The smallest absolute Gasteiger partial charge is 0.307 e. The second-order valence-electron chi connectivity index (χ2n) is 9.24. The number of thioether (sulfide) groups is 1. The summed E-state index contributed by atoms with van der Waals surface area (Å²) in [5.41, 5.74) is 4.77. The Morgan fingerprint density at radius 3 is 2.26 bits per heavy atom. The number of rotatable bonds is 11. The van der Waals surface area contributed by atoms with Gasteiger partial charge in [0.1, 0.15) is 12.4 Å². The highest BCUT2D eigenvalue weighted by Crippen LogP contribution is 2.33. The van der Waals surface area contributed by atoms with Crippen molar-refractivity contribution >= 4 is 40.6 Å². The minimum absolute atomic E-state index is 0.0347. The standard InChI is InChI=1S/C31H32N2O4S/c1-3-4-5-6-22-7-9-25(10-8-22)21-37-27-17-13-23(14-18-27)19-28-30(36)33(2)31(38-28)32-26-15-11-24(12-16-26)20-29(34)35/h7-19H,3-6,20-21H2,1-2H3,(H,34,35)/b28-19-,32-31?. The van der Waals surface area contributed by atoms with Crippen molar-refractivity contribution in [2.75, 3.05) is 7.05 Å². The zero-order chi connectivity index (χ0) is 26.9. The number of aliphatic imine (C=N–C) groups is 1. The molecular formula is C31H32N2O4S. The molecule has 1 heterocycles. The summed E-state index contributed by atoms with van der Waals surface area (Å²) < 4.78 is 5.95. The number of amides is 1. The Kier molecular flexibility index (Phi) is 9.38. The number of hydrogen-bond donors (Lipinski definition) is 1. The number of aryl methyl sites for hydroxylation is 1. The van der Waals surface area contributed by atoms with Gasteiger partial charge in [0.15, 0.2) is 5.17 Å². The molecule has 1 N–H and O–H groups in total. The average molecular weight is 529 g/mol. The molecule has 1 fully saturated rings. The Bertz CT molecular complexity index is 1310. The molecule has 7 heteroatoms. The number of aliphatic carboxylic acids is 1. The summed E-state index contributed by atoms with van der Waals surface area (Å²) in [6.45, 7) is 2.73. The normalized spacial score (nSPS) is 15.4. The predicted molar refractivity (Wildman–Crippen MR) is 154 cm³/mol. The molecule has 0 unspecified atom stereocenters. The largest absolute Gasteiger partial charge is 0.489 e.